The number of nitro benzene ring substituents is 1. The minimum absolute atomic E-state index is 0.0267. The molecule has 0 aliphatic carbocycles. The number of carbonyl (C=O) groups excluding carboxylic acids is 1. The molecule has 0 spiro atoms. The fourth-order valence-corrected chi connectivity index (χ4v) is 4.30. The molecule has 0 fully saturated rings. The lowest BCUT2D eigenvalue weighted by Crippen LogP contribution is -2.28. The molecule has 2 rings (SSSR count). The van der Waals surface area contributed by atoms with Crippen molar-refractivity contribution in [3.05, 3.63) is 61.8 Å². The lowest BCUT2D eigenvalue weighted by molar-refractivity contribution is -0.384. The number of rotatable bonds is 7. The lowest BCUT2D eigenvalue weighted by Gasteiger charge is -2.30. The van der Waals surface area contributed by atoms with Crippen molar-refractivity contribution in [2.45, 2.75) is 39.9 Å². The van der Waals surface area contributed by atoms with Crippen molar-refractivity contribution in [1.82, 2.24) is 5.32 Å². The first-order chi connectivity index (χ1) is 12.7. The van der Waals surface area contributed by atoms with E-state index in [0.717, 1.165) is 22.7 Å². The number of nitrogens with zero attached hydrogens (tertiary/aromatic N) is 2. The van der Waals surface area contributed by atoms with Gasteiger partial charge in [-0.25, -0.2) is 0 Å². The van der Waals surface area contributed by atoms with Crippen LogP contribution in [0.5, 0.6) is 0 Å². The number of carbonyl (C=O) groups is 1. The van der Waals surface area contributed by atoms with Gasteiger partial charge in [0.05, 0.1) is 21.6 Å². The average Bonchev–Trinajstić information content (AvgIpc) is 2.59. The Morgan fingerprint density at radius 3 is 2.70 bits per heavy atom. The predicted molar refractivity (Wildman–Crippen MR) is 106 cm³/mol. The Labute approximate surface area is 163 Å². The van der Waals surface area contributed by atoms with Crippen LogP contribution in [0.15, 0.2) is 46.1 Å². The SMILES string of the molecule is CC(=O)C1=C(C)NC(SCc2cccc([N+](=O)[O-])c2)=C(C#N)[C@@H]1CC(C)C. The second kappa shape index (κ2) is 8.87. The Hall–Kier alpha value is -2.59. The molecule has 1 atom stereocenters. The monoisotopic (exact) mass is 385 g/mol. The van der Waals surface area contributed by atoms with E-state index in [4.69, 9.17) is 0 Å². The van der Waals surface area contributed by atoms with Crippen LogP contribution >= 0.6 is 11.8 Å². The van der Waals surface area contributed by atoms with Crippen LogP contribution in [0.4, 0.5) is 5.69 Å². The average molecular weight is 385 g/mol. The Morgan fingerprint density at radius 2 is 2.15 bits per heavy atom. The van der Waals surface area contributed by atoms with Gasteiger partial charge in [0.1, 0.15) is 0 Å². The third-order valence-corrected chi connectivity index (χ3v) is 5.45. The zero-order valence-electron chi connectivity index (χ0n) is 15.9. The Balaban J connectivity index is 2.31. The standard InChI is InChI=1S/C20H23N3O3S/c1-12(2)8-17-18(10-21)20(22-13(3)19(17)14(4)24)27-11-15-6-5-7-16(9-15)23(25)26/h5-7,9,12,17,22H,8,11H2,1-4H3/t17-/m0/s1. The smallest absolute Gasteiger partial charge is 0.269 e. The summed E-state index contributed by atoms with van der Waals surface area (Å²) in [4.78, 5) is 22.7. The summed E-state index contributed by atoms with van der Waals surface area (Å²) >= 11 is 1.43. The molecule has 142 valence electrons. The van der Waals surface area contributed by atoms with Gasteiger partial charge < -0.3 is 5.32 Å². The molecule has 27 heavy (non-hydrogen) atoms. The number of allylic oxidation sites excluding steroid dienone is 3. The molecule has 0 aromatic heterocycles. The van der Waals surface area contributed by atoms with Crippen LogP contribution in [0, 0.1) is 33.3 Å². The van der Waals surface area contributed by atoms with E-state index in [-0.39, 0.29) is 17.4 Å². The van der Waals surface area contributed by atoms with E-state index in [1.54, 1.807) is 6.07 Å². The van der Waals surface area contributed by atoms with Crippen LogP contribution in [0.3, 0.4) is 0 Å². The van der Waals surface area contributed by atoms with Crippen molar-refractivity contribution >= 4 is 23.2 Å². The molecule has 0 saturated carbocycles. The van der Waals surface area contributed by atoms with Crippen LogP contribution in [-0.2, 0) is 10.5 Å². The number of thioether (sulfide) groups is 1. The van der Waals surface area contributed by atoms with Crippen molar-refractivity contribution in [2.75, 3.05) is 0 Å². The van der Waals surface area contributed by atoms with Gasteiger partial charge in [0.2, 0.25) is 0 Å². The van der Waals surface area contributed by atoms with Gasteiger partial charge >= 0.3 is 0 Å². The zero-order valence-corrected chi connectivity index (χ0v) is 16.7. The summed E-state index contributed by atoms with van der Waals surface area (Å²) in [5.41, 5.74) is 2.86. The molecule has 1 aliphatic rings. The van der Waals surface area contributed by atoms with Crippen LogP contribution in [0.25, 0.3) is 0 Å². The van der Waals surface area contributed by atoms with E-state index in [1.807, 2.05) is 13.0 Å². The number of dihydropyridines is 1. The maximum Gasteiger partial charge on any atom is 0.269 e. The highest BCUT2D eigenvalue weighted by Crippen LogP contribution is 2.38. The van der Waals surface area contributed by atoms with Gasteiger partial charge in [-0.15, -0.1) is 11.8 Å². The maximum atomic E-state index is 12.1. The van der Waals surface area contributed by atoms with Crippen LogP contribution in [0.1, 0.15) is 39.7 Å². The quantitative estimate of drug-likeness (QED) is 0.540. The molecule has 0 bridgehead atoms. The topological polar surface area (TPSA) is 96.0 Å². The number of non-ortho nitro benzene ring substituents is 1. The summed E-state index contributed by atoms with van der Waals surface area (Å²) in [5, 5.41) is 24.6. The number of nitriles is 1. The Morgan fingerprint density at radius 1 is 1.44 bits per heavy atom. The second-order valence-electron chi connectivity index (χ2n) is 6.97. The van der Waals surface area contributed by atoms with Gasteiger partial charge in [-0.1, -0.05) is 26.0 Å². The van der Waals surface area contributed by atoms with E-state index < -0.39 is 4.92 Å². The molecule has 1 aromatic carbocycles. The first-order valence-corrected chi connectivity index (χ1v) is 9.72. The minimum atomic E-state index is -0.419. The summed E-state index contributed by atoms with van der Waals surface area (Å²) < 4.78 is 0. The molecular formula is C20H23N3O3S. The number of hydrogen-bond donors (Lipinski definition) is 1. The van der Waals surface area contributed by atoms with Gasteiger partial charge in [0, 0.05) is 35.1 Å². The molecule has 1 aliphatic heterocycles. The van der Waals surface area contributed by atoms with Crippen molar-refractivity contribution in [2.24, 2.45) is 11.8 Å². The number of nitro groups is 1. The van der Waals surface area contributed by atoms with E-state index in [0.29, 0.717) is 22.8 Å². The highest BCUT2D eigenvalue weighted by atomic mass is 32.2. The number of ketones is 1. The normalized spacial score (nSPS) is 17.0. The fraction of sp³-hybridized carbons (Fsp3) is 0.400. The molecule has 0 radical (unpaired) electrons. The van der Waals surface area contributed by atoms with Crippen molar-refractivity contribution in [3.63, 3.8) is 0 Å². The number of hydrogen-bond acceptors (Lipinski definition) is 6. The third-order valence-electron chi connectivity index (χ3n) is 4.36. The molecule has 0 unspecified atom stereocenters. The number of nitrogens with one attached hydrogen (secondary N) is 1. The van der Waals surface area contributed by atoms with Crippen molar-refractivity contribution < 1.29 is 9.72 Å². The zero-order chi connectivity index (χ0) is 20.1. The lowest BCUT2D eigenvalue weighted by atomic mass is 9.81. The minimum Gasteiger partial charge on any atom is -0.353 e. The van der Waals surface area contributed by atoms with E-state index in [2.05, 4.69) is 25.2 Å². The Bertz CT molecular complexity index is 865. The van der Waals surface area contributed by atoms with Gasteiger partial charge in [0.15, 0.2) is 5.78 Å². The maximum absolute atomic E-state index is 12.1. The summed E-state index contributed by atoms with van der Waals surface area (Å²) in [6, 6.07) is 8.76. The highest BCUT2D eigenvalue weighted by Gasteiger charge is 2.32. The number of Topliss-reactive ketones (excluding diaryl/α,β-unsaturated/α-hetero) is 1. The summed E-state index contributed by atoms with van der Waals surface area (Å²) in [7, 11) is 0. The van der Waals surface area contributed by atoms with E-state index in [9.17, 15) is 20.2 Å². The Kier molecular flexibility index (Phi) is 6.81. The summed E-state index contributed by atoms with van der Waals surface area (Å²) in [5.74, 6) is 0.579. The first kappa shape index (κ1) is 20.7. The second-order valence-corrected chi connectivity index (χ2v) is 7.96. The highest BCUT2D eigenvalue weighted by molar-refractivity contribution is 8.02. The van der Waals surface area contributed by atoms with Gasteiger partial charge in [-0.2, -0.15) is 5.26 Å². The van der Waals surface area contributed by atoms with E-state index >= 15 is 0 Å². The summed E-state index contributed by atoms with van der Waals surface area (Å²) in [6.07, 6.45) is 0.720. The summed E-state index contributed by atoms with van der Waals surface area (Å²) in [6.45, 7) is 7.52. The molecule has 1 N–H and O–H groups in total. The molecule has 1 heterocycles. The van der Waals surface area contributed by atoms with Crippen molar-refractivity contribution in [1.29, 1.82) is 5.26 Å². The fourth-order valence-electron chi connectivity index (χ4n) is 3.24. The molecular weight excluding hydrogens is 362 g/mol. The van der Waals surface area contributed by atoms with E-state index in [1.165, 1.54) is 30.8 Å². The van der Waals surface area contributed by atoms with Crippen LogP contribution < -0.4 is 5.32 Å². The molecule has 1 aromatic rings. The van der Waals surface area contributed by atoms with Gasteiger partial charge in [0.25, 0.3) is 5.69 Å². The molecule has 6 nitrogen and oxygen atoms in total. The first-order valence-electron chi connectivity index (χ1n) is 8.73. The van der Waals surface area contributed by atoms with Crippen molar-refractivity contribution in [3.8, 4) is 6.07 Å². The number of benzene rings is 1. The largest absolute Gasteiger partial charge is 0.353 e. The van der Waals surface area contributed by atoms with Crippen LogP contribution in [-0.4, -0.2) is 10.7 Å². The predicted octanol–water partition coefficient (Wildman–Crippen LogP) is 4.69. The molecule has 0 saturated heterocycles. The molecule has 0 amide bonds. The van der Waals surface area contributed by atoms with Gasteiger partial charge in [-0.05, 0) is 31.7 Å². The van der Waals surface area contributed by atoms with Crippen LogP contribution in [0.2, 0.25) is 0 Å². The molecule has 7 heteroatoms. The van der Waals surface area contributed by atoms with Gasteiger partial charge in [-0.3, -0.25) is 14.9 Å². The third kappa shape index (κ3) is 4.98.